The van der Waals surface area contributed by atoms with Crippen LogP contribution in [0.2, 0.25) is 0 Å². The van der Waals surface area contributed by atoms with E-state index in [-0.39, 0.29) is 37.0 Å². The molecule has 1 fully saturated rings. The molecule has 1 atom stereocenters. The van der Waals surface area contributed by atoms with Crippen LogP contribution < -0.4 is 9.47 Å². The molecule has 0 saturated carbocycles. The van der Waals surface area contributed by atoms with Crippen LogP contribution in [-0.2, 0) is 11.2 Å². The Morgan fingerprint density at radius 2 is 1.75 bits per heavy atom. The van der Waals surface area contributed by atoms with Gasteiger partial charge in [0.2, 0.25) is 12.7 Å². The van der Waals surface area contributed by atoms with Gasteiger partial charge in [0.25, 0.3) is 5.91 Å². The van der Waals surface area contributed by atoms with E-state index in [1.807, 2.05) is 11.0 Å². The molecule has 9 heteroatoms. The zero-order chi connectivity index (χ0) is 24.6. The van der Waals surface area contributed by atoms with Crippen molar-refractivity contribution in [2.24, 2.45) is 0 Å². The first-order chi connectivity index (χ1) is 17.6. The van der Waals surface area contributed by atoms with Crippen LogP contribution in [-0.4, -0.2) is 72.6 Å². The minimum atomic E-state index is -0.274. The van der Waals surface area contributed by atoms with Gasteiger partial charge in [0, 0.05) is 43.2 Å². The molecule has 0 aliphatic carbocycles. The van der Waals surface area contributed by atoms with Crippen molar-refractivity contribution in [1.29, 1.82) is 0 Å². The summed E-state index contributed by atoms with van der Waals surface area (Å²) in [6.45, 7) is 3.07. The quantitative estimate of drug-likeness (QED) is 0.541. The number of benzene rings is 2. The lowest BCUT2D eigenvalue weighted by Gasteiger charge is -2.39. The van der Waals surface area contributed by atoms with E-state index >= 15 is 0 Å². The molecule has 3 aromatic rings. The predicted octanol–water partition coefficient (Wildman–Crippen LogP) is 3.55. The summed E-state index contributed by atoms with van der Waals surface area (Å²) >= 11 is 1.72. The van der Waals surface area contributed by atoms with Gasteiger partial charge in [0.05, 0.1) is 12.6 Å². The van der Waals surface area contributed by atoms with Crippen molar-refractivity contribution in [2.75, 3.05) is 46.1 Å². The van der Waals surface area contributed by atoms with Crippen LogP contribution in [0.25, 0.3) is 0 Å². The minimum Gasteiger partial charge on any atom is -0.454 e. The van der Waals surface area contributed by atoms with Crippen LogP contribution in [0, 0.1) is 5.82 Å². The van der Waals surface area contributed by atoms with Crippen molar-refractivity contribution in [2.45, 2.75) is 12.5 Å². The van der Waals surface area contributed by atoms with Gasteiger partial charge in [-0.3, -0.25) is 14.5 Å². The topological polar surface area (TPSA) is 62.3 Å². The van der Waals surface area contributed by atoms with Crippen molar-refractivity contribution < 1.29 is 23.5 Å². The maximum atomic E-state index is 14.1. The number of fused-ring (bicyclic) bond motifs is 2. The van der Waals surface area contributed by atoms with Crippen molar-refractivity contribution >= 4 is 23.2 Å². The second-order valence-corrected chi connectivity index (χ2v) is 10.2. The second kappa shape index (κ2) is 9.55. The molecule has 0 bridgehead atoms. The highest BCUT2D eigenvalue weighted by Crippen LogP contribution is 2.38. The van der Waals surface area contributed by atoms with E-state index in [0.29, 0.717) is 43.2 Å². The molecule has 1 aromatic heterocycles. The molecule has 0 N–H and O–H groups in total. The smallest absolute Gasteiger partial charge is 0.254 e. The first-order valence-corrected chi connectivity index (χ1v) is 13.0. The number of amides is 2. The zero-order valence-corrected chi connectivity index (χ0v) is 20.5. The van der Waals surface area contributed by atoms with E-state index in [9.17, 15) is 14.0 Å². The summed E-state index contributed by atoms with van der Waals surface area (Å²) in [5, 5.41) is 2.07. The summed E-state index contributed by atoms with van der Waals surface area (Å²) in [7, 11) is 0. The normalized spacial score (nSPS) is 19.3. The number of rotatable bonds is 4. The van der Waals surface area contributed by atoms with Crippen LogP contribution in [0.3, 0.4) is 0 Å². The molecule has 6 rings (SSSR count). The number of ether oxygens (including phenoxy) is 2. The monoisotopic (exact) mass is 507 g/mol. The lowest BCUT2D eigenvalue weighted by molar-refractivity contribution is -0.134. The summed E-state index contributed by atoms with van der Waals surface area (Å²) in [5.74, 6) is 0.908. The maximum Gasteiger partial charge on any atom is 0.254 e. The first-order valence-electron chi connectivity index (χ1n) is 12.1. The Bertz CT molecular complexity index is 1300. The molecule has 2 amide bonds. The van der Waals surface area contributed by atoms with Gasteiger partial charge in [-0.1, -0.05) is 12.1 Å². The van der Waals surface area contributed by atoms with Gasteiger partial charge in [-0.05, 0) is 59.3 Å². The number of carbonyl (C=O) groups is 2. The zero-order valence-electron chi connectivity index (χ0n) is 19.7. The highest BCUT2D eigenvalue weighted by atomic mass is 32.1. The van der Waals surface area contributed by atoms with Crippen LogP contribution in [0.4, 0.5) is 4.39 Å². The van der Waals surface area contributed by atoms with E-state index in [4.69, 9.17) is 9.47 Å². The third-order valence-corrected chi connectivity index (χ3v) is 8.10. The summed E-state index contributed by atoms with van der Waals surface area (Å²) in [5.41, 5.74) is 2.57. The van der Waals surface area contributed by atoms with Crippen LogP contribution in [0.5, 0.6) is 11.5 Å². The third kappa shape index (κ3) is 4.33. The number of piperazine rings is 1. The van der Waals surface area contributed by atoms with Gasteiger partial charge >= 0.3 is 0 Å². The molecule has 7 nitrogen and oxygen atoms in total. The lowest BCUT2D eigenvalue weighted by atomic mass is 9.93. The Kier molecular flexibility index (Phi) is 6.10. The van der Waals surface area contributed by atoms with Gasteiger partial charge in [-0.25, -0.2) is 4.39 Å². The Balaban J connectivity index is 1.11. The van der Waals surface area contributed by atoms with Crippen LogP contribution in [0.1, 0.15) is 32.4 Å². The van der Waals surface area contributed by atoms with Gasteiger partial charge in [-0.15, -0.1) is 11.3 Å². The van der Waals surface area contributed by atoms with Crippen LogP contribution in [0.15, 0.2) is 53.9 Å². The van der Waals surface area contributed by atoms with Crippen molar-refractivity contribution in [3.63, 3.8) is 0 Å². The van der Waals surface area contributed by atoms with Gasteiger partial charge < -0.3 is 19.3 Å². The molecule has 186 valence electrons. The second-order valence-electron chi connectivity index (χ2n) is 9.22. The number of nitrogens with zero attached hydrogens (tertiary/aromatic N) is 3. The van der Waals surface area contributed by atoms with Crippen molar-refractivity contribution in [3.8, 4) is 11.5 Å². The number of thiophene rings is 1. The number of halogens is 1. The SMILES string of the molecule is O=C(CN1CCc2sccc2[C@@H]1c1cccc(F)c1)N1CCN(C(=O)c2ccc3c(c2)OCO3)CC1. The fraction of sp³-hybridized carbons (Fsp3) is 0.333. The van der Waals surface area contributed by atoms with E-state index < -0.39 is 0 Å². The first kappa shape index (κ1) is 23.0. The summed E-state index contributed by atoms with van der Waals surface area (Å²) in [4.78, 5) is 33.4. The van der Waals surface area contributed by atoms with Crippen LogP contribution >= 0.6 is 11.3 Å². The van der Waals surface area contributed by atoms with Crippen molar-refractivity contribution in [3.05, 3.63) is 81.3 Å². The number of hydrogen-bond donors (Lipinski definition) is 0. The molecule has 4 heterocycles. The predicted molar refractivity (Wildman–Crippen MR) is 133 cm³/mol. The van der Waals surface area contributed by atoms with E-state index in [2.05, 4.69) is 16.3 Å². The average molecular weight is 508 g/mol. The largest absolute Gasteiger partial charge is 0.454 e. The molecule has 0 spiro atoms. The molecule has 1 saturated heterocycles. The molecular formula is C27H26FN3O4S. The molecule has 0 radical (unpaired) electrons. The molecule has 3 aliphatic rings. The average Bonchev–Trinajstić information content (AvgIpc) is 3.57. The van der Waals surface area contributed by atoms with Gasteiger partial charge in [0.1, 0.15) is 5.82 Å². The molecule has 0 unspecified atom stereocenters. The maximum absolute atomic E-state index is 14.1. The summed E-state index contributed by atoms with van der Waals surface area (Å²) < 4.78 is 24.8. The Morgan fingerprint density at radius 1 is 0.944 bits per heavy atom. The Hall–Kier alpha value is -3.43. The highest BCUT2D eigenvalue weighted by Gasteiger charge is 2.33. The molecule has 36 heavy (non-hydrogen) atoms. The summed E-state index contributed by atoms with van der Waals surface area (Å²) in [6, 6.07) is 13.8. The van der Waals surface area contributed by atoms with E-state index in [1.165, 1.54) is 10.9 Å². The fourth-order valence-electron chi connectivity index (χ4n) is 5.25. The Morgan fingerprint density at radius 3 is 2.58 bits per heavy atom. The highest BCUT2D eigenvalue weighted by molar-refractivity contribution is 7.10. The van der Waals surface area contributed by atoms with Gasteiger partial charge in [0.15, 0.2) is 11.5 Å². The lowest BCUT2D eigenvalue weighted by Crippen LogP contribution is -2.53. The molecular weight excluding hydrogens is 481 g/mol. The number of carbonyl (C=O) groups excluding carboxylic acids is 2. The minimum absolute atomic E-state index is 0.0326. The third-order valence-electron chi connectivity index (χ3n) is 7.11. The van der Waals surface area contributed by atoms with E-state index in [0.717, 1.165) is 24.1 Å². The standard InChI is InChI=1S/C27H26FN3O4S/c28-20-3-1-2-18(14-20)26-21-7-13-36-24(21)6-8-31(26)16-25(32)29-9-11-30(12-10-29)27(33)19-4-5-22-23(15-19)35-17-34-22/h1-5,7,13-15,26H,6,8-12,16-17H2/t26-/m0/s1. The summed E-state index contributed by atoms with van der Waals surface area (Å²) in [6.07, 6.45) is 0.879. The van der Waals surface area contributed by atoms with E-state index in [1.54, 1.807) is 46.6 Å². The number of hydrogen-bond acceptors (Lipinski definition) is 6. The van der Waals surface area contributed by atoms with Gasteiger partial charge in [-0.2, -0.15) is 0 Å². The molecule has 2 aromatic carbocycles. The van der Waals surface area contributed by atoms with Crippen molar-refractivity contribution in [1.82, 2.24) is 14.7 Å². The Labute approximate surface area is 212 Å². The fourth-order valence-corrected chi connectivity index (χ4v) is 6.15. The molecule has 3 aliphatic heterocycles.